The van der Waals surface area contributed by atoms with Gasteiger partial charge in [-0.15, -0.1) is 0 Å². The van der Waals surface area contributed by atoms with Gasteiger partial charge in [-0.3, -0.25) is 19.4 Å². The quantitative estimate of drug-likeness (QED) is 0.678. The molecule has 0 radical (unpaired) electrons. The first-order valence-corrected chi connectivity index (χ1v) is 9.75. The highest BCUT2D eigenvalue weighted by molar-refractivity contribution is 6.04. The predicted octanol–water partition coefficient (Wildman–Crippen LogP) is 1.49. The molecule has 0 unspecified atom stereocenters. The molecule has 146 valence electrons. The van der Waals surface area contributed by atoms with E-state index in [4.69, 9.17) is 0 Å². The number of benzene rings is 1. The topological polar surface area (TPSA) is 81.8 Å². The molecule has 2 N–H and O–H groups in total. The van der Waals surface area contributed by atoms with Crippen molar-refractivity contribution >= 4 is 17.8 Å². The Morgan fingerprint density at radius 2 is 2.04 bits per heavy atom. The van der Waals surface area contributed by atoms with E-state index >= 15 is 0 Å². The first-order valence-electron chi connectivity index (χ1n) is 9.75. The number of carbonyl (C=O) groups is 3. The SMILES string of the molecule is CCN1CCC[C@H]1CNC(=O)CC[C@H]1NC(=O)N(Cc2ccccc2)C1=O. The van der Waals surface area contributed by atoms with E-state index < -0.39 is 6.04 Å². The van der Waals surface area contributed by atoms with Crippen molar-refractivity contribution in [2.45, 2.75) is 51.2 Å². The third-order valence-electron chi connectivity index (χ3n) is 5.39. The van der Waals surface area contributed by atoms with E-state index in [1.165, 1.54) is 11.3 Å². The first kappa shape index (κ1) is 19.4. The second-order valence-electron chi connectivity index (χ2n) is 7.18. The summed E-state index contributed by atoms with van der Waals surface area (Å²) in [5.74, 6) is -0.328. The molecule has 1 aromatic rings. The maximum absolute atomic E-state index is 12.5. The van der Waals surface area contributed by atoms with Crippen LogP contribution >= 0.6 is 0 Å². The molecule has 2 saturated heterocycles. The van der Waals surface area contributed by atoms with Gasteiger partial charge >= 0.3 is 6.03 Å². The summed E-state index contributed by atoms with van der Waals surface area (Å²) in [6, 6.07) is 8.80. The monoisotopic (exact) mass is 372 g/mol. The van der Waals surface area contributed by atoms with Gasteiger partial charge in [0.1, 0.15) is 6.04 Å². The summed E-state index contributed by atoms with van der Waals surface area (Å²) >= 11 is 0. The molecule has 3 rings (SSSR count). The Bertz CT molecular complexity index is 679. The van der Waals surface area contributed by atoms with Crippen LogP contribution < -0.4 is 10.6 Å². The molecule has 2 fully saturated rings. The average molecular weight is 372 g/mol. The number of likely N-dealkylation sites (N-methyl/N-ethyl adjacent to an activating group) is 1. The van der Waals surface area contributed by atoms with E-state index in [1.807, 2.05) is 30.3 Å². The van der Waals surface area contributed by atoms with Crippen LogP contribution in [0.3, 0.4) is 0 Å². The van der Waals surface area contributed by atoms with Crippen LogP contribution in [0.2, 0.25) is 0 Å². The molecule has 7 nitrogen and oxygen atoms in total. The largest absolute Gasteiger partial charge is 0.355 e. The number of hydrogen-bond donors (Lipinski definition) is 2. The van der Waals surface area contributed by atoms with E-state index in [-0.39, 0.29) is 30.8 Å². The molecule has 2 aliphatic heterocycles. The highest BCUT2D eigenvalue weighted by Gasteiger charge is 2.37. The zero-order chi connectivity index (χ0) is 19.2. The molecule has 0 bridgehead atoms. The first-order chi connectivity index (χ1) is 13.1. The molecule has 0 aliphatic carbocycles. The molecule has 7 heteroatoms. The molecular weight excluding hydrogens is 344 g/mol. The molecule has 0 saturated carbocycles. The lowest BCUT2D eigenvalue weighted by Crippen LogP contribution is -2.40. The fraction of sp³-hybridized carbons (Fsp3) is 0.550. The van der Waals surface area contributed by atoms with Gasteiger partial charge in [-0.2, -0.15) is 0 Å². The number of imide groups is 1. The maximum Gasteiger partial charge on any atom is 0.325 e. The van der Waals surface area contributed by atoms with Gasteiger partial charge in [0.2, 0.25) is 5.91 Å². The van der Waals surface area contributed by atoms with Gasteiger partial charge in [0.05, 0.1) is 6.54 Å². The second-order valence-corrected chi connectivity index (χ2v) is 7.18. The van der Waals surface area contributed by atoms with Gasteiger partial charge in [-0.05, 0) is 37.9 Å². The summed E-state index contributed by atoms with van der Waals surface area (Å²) in [6.07, 6.45) is 2.84. The van der Waals surface area contributed by atoms with Crippen LogP contribution in [0.25, 0.3) is 0 Å². The van der Waals surface area contributed by atoms with E-state index in [1.54, 1.807) is 0 Å². The standard InChI is InChI=1S/C20H28N4O3/c1-2-23-12-6-9-16(23)13-21-18(25)11-10-17-19(26)24(20(27)22-17)14-15-7-4-3-5-8-15/h3-5,7-8,16-17H,2,6,9-14H2,1H3,(H,21,25)(H,22,27)/t16-,17+/m0/s1. The van der Waals surface area contributed by atoms with Crippen LogP contribution in [0.15, 0.2) is 30.3 Å². The van der Waals surface area contributed by atoms with Crippen molar-refractivity contribution in [3.63, 3.8) is 0 Å². The molecule has 2 heterocycles. The lowest BCUT2D eigenvalue weighted by Gasteiger charge is -2.22. The molecule has 4 amide bonds. The van der Waals surface area contributed by atoms with Crippen LogP contribution in [0.4, 0.5) is 4.79 Å². The summed E-state index contributed by atoms with van der Waals surface area (Å²) in [4.78, 5) is 40.3. The highest BCUT2D eigenvalue weighted by Crippen LogP contribution is 2.17. The number of amides is 4. The maximum atomic E-state index is 12.5. The lowest BCUT2D eigenvalue weighted by molar-refractivity contribution is -0.128. The van der Waals surface area contributed by atoms with Crippen molar-refractivity contribution in [3.05, 3.63) is 35.9 Å². The van der Waals surface area contributed by atoms with Crippen molar-refractivity contribution in [1.82, 2.24) is 20.4 Å². The Kier molecular flexibility index (Phi) is 6.45. The molecule has 0 spiro atoms. The highest BCUT2D eigenvalue weighted by atomic mass is 16.2. The number of hydrogen-bond acceptors (Lipinski definition) is 4. The lowest BCUT2D eigenvalue weighted by atomic mass is 10.1. The summed E-state index contributed by atoms with van der Waals surface area (Å²) < 4.78 is 0. The number of carbonyl (C=O) groups excluding carboxylic acids is 3. The third kappa shape index (κ3) is 4.86. The molecule has 2 aliphatic rings. The molecule has 0 aromatic heterocycles. The normalized spacial score (nSPS) is 22.9. The van der Waals surface area contributed by atoms with Gasteiger partial charge in [0.15, 0.2) is 0 Å². The summed E-state index contributed by atoms with van der Waals surface area (Å²) in [5.41, 5.74) is 0.899. The zero-order valence-electron chi connectivity index (χ0n) is 15.8. The molecular formula is C20H28N4O3. The Morgan fingerprint density at radius 1 is 1.26 bits per heavy atom. The number of nitrogens with one attached hydrogen (secondary N) is 2. The van der Waals surface area contributed by atoms with E-state index in [2.05, 4.69) is 22.5 Å². The summed E-state index contributed by atoms with van der Waals surface area (Å²) in [6.45, 7) is 5.13. The van der Waals surface area contributed by atoms with Crippen LogP contribution in [0.1, 0.15) is 38.2 Å². The minimum Gasteiger partial charge on any atom is -0.355 e. The van der Waals surface area contributed by atoms with Crippen molar-refractivity contribution in [2.24, 2.45) is 0 Å². The molecule has 27 heavy (non-hydrogen) atoms. The predicted molar refractivity (Wildman–Crippen MR) is 102 cm³/mol. The van der Waals surface area contributed by atoms with Crippen molar-refractivity contribution in [3.8, 4) is 0 Å². The van der Waals surface area contributed by atoms with Crippen LogP contribution in [-0.4, -0.2) is 59.4 Å². The Morgan fingerprint density at radius 3 is 2.78 bits per heavy atom. The third-order valence-corrected chi connectivity index (χ3v) is 5.39. The van der Waals surface area contributed by atoms with E-state index in [0.717, 1.165) is 25.1 Å². The number of urea groups is 1. The second kappa shape index (κ2) is 8.99. The van der Waals surface area contributed by atoms with Crippen molar-refractivity contribution < 1.29 is 14.4 Å². The zero-order valence-corrected chi connectivity index (χ0v) is 15.8. The van der Waals surface area contributed by atoms with Gasteiger partial charge in [0, 0.05) is 19.0 Å². The summed E-state index contributed by atoms with van der Waals surface area (Å²) in [7, 11) is 0. The van der Waals surface area contributed by atoms with Gasteiger partial charge in [-0.25, -0.2) is 4.79 Å². The minimum absolute atomic E-state index is 0.0680. The van der Waals surface area contributed by atoms with Crippen LogP contribution in [0, 0.1) is 0 Å². The Hall–Kier alpha value is -2.41. The van der Waals surface area contributed by atoms with E-state index in [9.17, 15) is 14.4 Å². The minimum atomic E-state index is -0.620. The number of nitrogens with zero attached hydrogens (tertiary/aromatic N) is 2. The van der Waals surface area contributed by atoms with Crippen LogP contribution in [-0.2, 0) is 16.1 Å². The van der Waals surface area contributed by atoms with E-state index in [0.29, 0.717) is 19.0 Å². The number of rotatable bonds is 8. The Labute approximate surface area is 160 Å². The van der Waals surface area contributed by atoms with Crippen molar-refractivity contribution in [2.75, 3.05) is 19.6 Å². The molecule has 2 atom stereocenters. The summed E-state index contributed by atoms with van der Waals surface area (Å²) in [5, 5.41) is 5.66. The Balaban J connectivity index is 1.43. The van der Waals surface area contributed by atoms with Gasteiger partial charge in [0.25, 0.3) is 5.91 Å². The van der Waals surface area contributed by atoms with Crippen molar-refractivity contribution in [1.29, 1.82) is 0 Å². The smallest absolute Gasteiger partial charge is 0.325 e. The fourth-order valence-corrected chi connectivity index (χ4v) is 3.83. The molecule has 1 aromatic carbocycles. The number of likely N-dealkylation sites (tertiary alicyclic amines) is 1. The van der Waals surface area contributed by atoms with Crippen LogP contribution in [0.5, 0.6) is 0 Å². The average Bonchev–Trinajstić information content (AvgIpc) is 3.25. The van der Waals surface area contributed by atoms with Gasteiger partial charge < -0.3 is 10.6 Å². The fourth-order valence-electron chi connectivity index (χ4n) is 3.83. The van der Waals surface area contributed by atoms with Gasteiger partial charge in [-0.1, -0.05) is 37.3 Å².